The average molecular weight is 295 g/mol. The fourth-order valence-corrected chi connectivity index (χ4v) is 2.04. The highest BCUT2D eigenvalue weighted by atomic mass is 16.6. The van der Waals surface area contributed by atoms with Crippen molar-refractivity contribution < 1.29 is 9.66 Å². The first kappa shape index (κ1) is 17.2. The molecule has 0 aromatic heterocycles. The molecule has 0 radical (unpaired) electrons. The Balaban J connectivity index is 2.93. The van der Waals surface area contributed by atoms with Gasteiger partial charge in [-0.3, -0.25) is 10.1 Å². The molecule has 0 spiro atoms. The van der Waals surface area contributed by atoms with E-state index < -0.39 is 0 Å². The average Bonchev–Trinajstić information content (AvgIpc) is 2.42. The molecule has 0 atom stereocenters. The standard InChI is InChI=1S/C15H25N3O3/c1-5-10-16-12-8-7-9-13(14(12)18(19)20)17-11-15(3,4)21-6-2/h7-9,16-17H,5-6,10-11H2,1-4H3. The molecule has 1 aromatic rings. The Hall–Kier alpha value is -1.82. The molecule has 2 N–H and O–H groups in total. The highest BCUT2D eigenvalue weighted by Gasteiger charge is 2.22. The number of para-hydroxylation sites is 1. The third-order valence-electron chi connectivity index (χ3n) is 3.02. The van der Waals surface area contributed by atoms with Gasteiger partial charge in [-0.1, -0.05) is 13.0 Å². The van der Waals surface area contributed by atoms with Gasteiger partial charge >= 0.3 is 5.69 Å². The molecule has 0 bridgehead atoms. The lowest BCUT2D eigenvalue weighted by Crippen LogP contribution is -2.33. The van der Waals surface area contributed by atoms with Crippen LogP contribution in [-0.2, 0) is 4.74 Å². The van der Waals surface area contributed by atoms with Crippen molar-refractivity contribution in [3.8, 4) is 0 Å². The Morgan fingerprint density at radius 2 is 1.86 bits per heavy atom. The van der Waals surface area contributed by atoms with Crippen LogP contribution >= 0.6 is 0 Å². The molecule has 0 saturated heterocycles. The predicted octanol–water partition coefficient (Wildman–Crippen LogP) is 3.64. The van der Waals surface area contributed by atoms with Crippen LogP contribution in [0.15, 0.2) is 18.2 Å². The molecule has 21 heavy (non-hydrogen) atoms. The first-order chi connectivity index (χ1) is 9.91. The molecule has 0 aliphatic heterocycles. The van der Waals surface area contributed by atoms with Gasteiger partial charge in [-0.15, -0.1) is 0 Å². The minimum Gasteiger partial charge on any atom is -0.379 e. The van der Waals surface area contributed by atoms with Crippen molar-refractivity contribution in [2.45, 2.75) is 39.7 Å². The molecular formula is C15H25N3O3. The molecule has 0 unspecified atom stereocenters. The van der Waals surface area contributed by atoms with Crippen LogP contribution in [0.4, 0.5) is 17.1 Å². The molecule has 1 aromatic carbocycles. The number of hydrogen-bond donors (Lipinski definition) is 2. The summed E-state index contributed by atoms with van der Waals surface area (Å²) in [4.78, 5) is 11.0. The van der Waals surface area contributed by atoms with E-state index in [1.54, 1.807) is 18.2 Å². The maximum Gasteiger partial charge on any atom is 0.315 e. The number of nitrogens with zero attached hydrogens (tertiary/aromatic N) is 1. The van der Waals surface area contributed by atoms with E-state index in [2.05, 4.69) is 10.6 Å². The van der Waals surface area contributed by atoms with E-state index in [1.165, 1.54) is 0 Å². The van der Waals surface area contributed by atoms with Gasteiger partial charge in [0.15, 0.2) is 0 Å². The largest absolute Gasteiger partial charge is 0.379 e. The normalized spacial score (nSPS) is 11.2. The number of anilines is 2. The topological polar surface area (TPSA) is 76.4 Å². The highest BCUT2D eigenvalue weighted by Crippen LogP contribution is 2.33. The van der Waals surface area contributed by atoms with Gasteiger partial charge in [0.1, 0.15) is 11.4 Å². The Morgan fingerprint density at radius 1 is 1.24 bits per heavy atom. The van der Waals surface area contributed by atoms with Crippen molar-refractivity contribution in [1.82, 2.24) is 0 Å². The lowest BCUT2D eigenvalue weighted by Gasteiger charge is -2.25. The lowest BCUT2D eigenvalue weighted by molar-refractivity contribution is -0.383. The van der Waals surface area contributed by atoms with Gasteiger partial charge in [0, 0.05) is 19.7 Å². The number of nitro benzene ring substituents is 1. The third-order valence-corrected chi connectivity index (χ3v) is 3.02. The second kappa shape index (κ2) is 7.83. The van der Waals surface area contributed by atoms with Gasteiger partial charge in [-0.25, -0.2) is 0 Å². The molecule has 6 heteroatoms. The summed E-state index contributed by atoms with van der Waals surface area (Å²) in [7, 11) is 0. The molecule has 0 heterocycles. The zero-order chi connectivity index (χ0) is 15.9. The van der Waals surface area contributed by atoms with Crippen LogP contribution in [0.2, 0.25) is 0 Å². The van der Waals surface area contributed by atoms with Crippen molar-refractivity contribution in [2.75, 3.05) is 30.3 Å². The van der Waals surface area contributed by atoms with E-state index in [9.17, 15) is 10.1 Å². The molecule has 0 aliphatic rings. The van der Waals surface area contributed by atoms with Crippen LogP contribution in [-0.4, -0.2) is 30.2 Å². The van der Waals surface area contributed by atoms with Crippen LogP contribution in [0, 0.1) is 10.1 Å². The Labute approximate surface area is 126 Å². The van der Waals surface area contributed by atoms with Gasteiger partial charge in [0.05, 0.1) is 10.5 Å². The van der Waals surface area contributed by atoms with Gasteiger partial charge in [0.25, 0.3) is 0 Å². The Kier molecular flexibility index (Phi) is 6.42. The molecule has 0 fully saturated rings. The van der Waals surface area contributed by atoms with Crippen LogP contribution in [0.25, 0.3) is 0 Å². The number of hydrogen-bond acceptors (Lipinski definition) is 5. The quantitative estimate of drug-likeness (QED) is 0.537. The van der Waals surface area contributed by atoms with Crippen LogP contribution < -0.4 is 10.6 Å². The third kappa shape index (κ3) is 5.23. The van der Waals surface area contributed by atoms with E-state index in [0.717, 1.165) is 6.42 Å². The molecule has 6 nitrogen and oxygen atoms in total. The molecule has 0 amide bonds. The summed E-state index contributed by atoms with van der Waals surface area (Å²) in [5, 5.41) is 17.6. The Bertz CT molecular complexity index is 475. The van der Waals surface area contributed by atoms with Crippen LogP contribution in [0.1, 0.15) is 34.1 Å². The van der Waals surface area contributed by atoms with Crippen molar-refractivity contribution in [3.05, 3.63) is 28.3 Å². The lowest BCUT2D eigenvalue weighted by atomic mass is 10.1. The second-order valence-electron chi connectivity index (χ2n) is 5.43. The summed E-state index contributed by atoms with van der Waals surface area (Å²) in [5.41, 5.74) is 0.753. The number of ether oxygens (including phenoxy) is 1. The zero-order valence-electron chi connectivity index (χ0n) is 13.2. The maximum absolute atomic E-state index is 11.4. The summed E-state index contributed by atoms with van der Waals surface area (Å²) < 4.78 is 5.60. The number of nitrogens with one attached hydrogen (secondary N) is 2. The smallest absolute Gasteiger partial charge is 0.315 e. The Morgan fingerprint density at radius 3 is 2.38 bits per heavy atom. The summed E-state index contributed by atoms with van der Waals surface area (Å²) >= 11 is 0. The summed E-state index contributed by atoms with van der Waals surface area (Å²) in [6.07, 6.45) is 0.909. The summed E-state index contributed by atoms with van der Waals surface area (Å²) in [5.74, 6) is 0. The van der Waals surface area contributed by atoms with Crippen molar-refractivity contribution in [3.63, 3.8) is 0 Å². The van der Waals surface area contributed by atoms with E-state index in [0.29, 0.717) is 31.1 Å². The first-order valence-corrected chi connectivity index (χ1v) is 7.30. The van der Waals surface area contributed by atoms with Gasteiger partial charge in [-0.2, -0.15) is 0 Å². The minimum absolute atomic E-state index is 0.0817. The van der Waals surface area contributed by atoms with Crippen molar-refractivity contribution >= 4 is 17.1 Å². The minimum atomic E-state index is -0.379. The highest BCUT2D eigenvalue weighted by molar-refractivity contribution is 5.76. The van der Waals surface area contributed by atoms with E-state index >= 15 is 0 Å². The maximum atomic E-state index is 11.4. The van der Waals surface area contributed by atoms with E-state index in [4.69, 9.17) is 4.74 Å². The monoisotopic (exact) mass is 295 g/mol. The van der Waals surface area contributed by atoms with Gasteiger partial charge < -0.3 is 15.4 Å². The van der Waals surface area contributed by atoms with Crippen LogP contribution in [0.3, 0.4) is 0 Å². The van der Waals surface area contributed by atoms with Crippen molar-refractivity contribution in [1.29, 1.82) is 0 Å². The predicted molar refractivity (Wildman–Crippen MR) is 86.1 cm³/mol. The van der Waals surface area contributed by atoms with E-state index in [1.807, 2.05) is 27.7 Å². The molecule has 0 saturated carbocycles. The van der Waals surface area contributed by atoms with Crippen LogP contribution in [0.5, 0.6) is 0 Å². The van der Waals surface area contributed by atoms with Gasteiger partial charge in [0.2, 0.25) is 0 Å². The SMILES string of the molecule is CCCNc1cccc(NCC(C)(C)OCC)c1[N+](=O)[O-]. The molecule has 118 valence electrons. The second-order valence-corrected chi connectivity index (χ2v) is 5.43. The molecular weight excluding hydrogens is 270 g/mol. The van der Waals surface area contributed by atoms with Gasteiger partial charge in [-0.05, 0) is 39.3 Å². The summed E-state index contributed by atoms with van der Waals surface area (Å²) in [6.45, 7) is 9.66. The fourth-order valence-electron chi connectivity index (χ4n) is 2.04. The number of nitro groups is 1. The number of rotatable bonds is 9. The molecule has 1 rings (SSSR count). The zero-order valence-corrected chi connectivity index (χ0v) is 13.2. The van der Waals surface area contributed by atoms with E-state index in [-0.39, 0.29) is 16.2 Å². The first-order valence-electron chi connectivity index (χ1n) is 7.30. The van der Waals surface area contributed by atoms with Crippen molar-refractivity contribution in [2.24, 2.45) is 0 Å². The fraction of sp³-hybridized carbons (Fsp3) is 0.600. The number of benzene rings is 1. The molecule has 0 aliphatic carbocycles. The summed E-state index contributed by atoms with van der Waals surface area (Å²) in [6, 6.07) is 5.25.